The topological polar surface area (TPSA) is 32.3 Å². The van der Waals surface area contributed by atoms with E-state index >= 15 is 0 Å². The molecule has 3 nitrogen and oxygen atoms in total. The van der Waals surface area contributed by atoms with Gasteiger partial charge in [-0.05, 0) is 51.1 Å². The third-order valence-electron chi connectivity index (χ3n) is 2.72. The molecule has 0 saturated carbocycles. The standard InChI is InChI=1S/C14H14BrClN2OS/c1-18(2)14(19)10-3-4-11(16)12(6-10)17-7-9-5-13(15)20-8-9/h3-6,8,17H,7H2,1-2H3. The Bertz CT molecular complexity index is 627. The van der Waals surface area contributed by atoms with Gasteiger partial charge in [0.2, 0.25) is 0 Å². The molecule has 1 aromatic heterocycles. The van der Waals surface area contributed by atoms with E-state index in [1.165, 1.54) is 5.56 Å². The van der Waals surface area contributed by atoms with Crippen LogP contribution in [0.5, 0.6) is 0 Å². The Labute approximate surface area is 135 Å². The highest BCUT2D eigenvalue weighted by Crippen LogP contribution is 2.26. The molecule has 1 N–H and O–H groups in total. The number of thiophene rings is 1. The van der Waals surface area contributed by atoms with Crippen molar-refractivity contribution in [3.8, 4) is 0 Å². The lowest BCUT2D eigenvalue weighted by atomic mass is 10.1. The number of carbonyl (C=O) groups excluding carboxylic acids is 1. The first-order valence-electron chi connectivity index (χ1n) is 5.95. The summed E-state index contributed by atoms with van der Waals surface area (Å²) >= 11 is 11.2. The van der Waals surface area contributed by atoms with E-state index in [4.69, 9.17) is 11.6 Å². The molecule has 2 aromatic rings. The fourth-order valence-electron chi connectivity index (χ4n) is 1.69. The summed E-state index contributed by atoms with van der Waals surface area (Å²) in [6, 6.07) is 7.31. The fraction of sp³-hybridized carbons (Fsp3) is 0.214. The first-order chi connectivity index (χ1) is 9.47. The fourth-order valence-corrected chi connectivity index (χ4v) is 3.08. The van der Waals surface area contributed by atoms with Crippen LogP contribution in [0.1, 0.15) is 15.9 Å². The number of amides is 1. The Balaban J connectivity index is 2.14. The van der Waals surface area contributed by atoms with Gasteiger partial charge in [-0.3, -0.25) is 4.79 Å². The highest BCUT2D eigenvalue weighted by molar-refractivity contribution is 9.11. The van der Waals surface area contributed by atoms with E-state index in [-0.39, 0.29) is 5.91 Å². The van der Waals surface area contributed by atoms with Gasteiger partial charge in [-0.25, -0.2) is 0 Å². The number of halogens is 2. The molecule has 0 atom stereocenters. The molecule has 0 aliphatic carbocycles. The van der Waals surface area contributed by atoms with E-state index in [1.807, 2.05) is 0 Å². The van der Waals surface area contributed by atoms with Crippen LogP contribution in [0.3, 0.4) is 0 Å². The second-order valence-corrected chi connectivity index (χ2v) is 7.20. The molecule has 2 rings (SSSR count). The molecule has 1 amide bonds. The molecule has 0 unspecified atom stereocenters. The van der Waals surface area contributed by atoms with Gasteiger partial charge in [-0.2, -0.15) is 0 Å². The van der Waals surface area contributed by atoms with Gasteiger partial charge in [-0.15, -0.1) is 11.3 Å². The second-order valence-electron chi connectivity index (χ2n) is 4.51. The molecule has 1 heterocycles. The van der Waals surface area contributed by atoms with Crippen LogP contribution < -0.4 is 5.32 Å². The Morgan fingerprint density at radius 1 is 1.40 bits per heavy atom. The molecule has 0 aliphatic rings. The van der Waals surface area contributed by atoms with Crippen molar-refractivity contribution in [1.29, 1.82) is 0 Å². The quantitative estimate of drug-likeness (QED) is 0.857. The number of nitrogens with zero attached hydrogens (tertiary/aromatic N) is 1. The Morgan fingerprint density at radius 3 is 2.75 bits per heavy atom. The average Bonchev–Trinajstić information content (AvgIpc) is 2.82. The van der Waals surface area contributed by atoms with Crippen molar-refractivity contribution in [2.75, 3.05) is 19.4 Å². The zero-order valence-electron chi connectivity index (χ0n) is 11.1. The maximum atomic E-state index is 11.9. The van der Waals surface area contributed by atoms with Crippen molar-refractivity contribution in [3.63, 3.8) is 0 Å². The van der Waals surface area contributed by atoms with Crippen LogP contribution in [-0.2, 0) is 6.54 Å². The van der Waals surface area contributed by atoms with Crippen LogP contribution in [0.15, 0.2) is 33.4 Å². The Hall–Kier alpha value is -1.04. The van der Waals surface area contributed by atoms with Crippen molar-refractivity contribution in [3.05, 3.63) is 49.6 Å². The maximum absolute atomic E-state index is 11.9. The van der Waals surface area contributed by atoms with Crippen LogP contribution in [-0.4, -0.2) is 24.9 Å². The Kier molecular flexibility index (Phi) is 5.07. The largest absolute Gasteiger partial charge is 0.380 e. The minimum atomic E-state index is -0.0389. The molecular weight excluding hydrogens is 360 g/mol. The lowest BCUT2D eigenvalue weighted by Gasteiger charge is -2.13. The molecule has 6 heteroatoms. The lowest BCUT2D eigenvalue weighted by Crippen LogP contribution is -2.21. The van der Waals surface area contributed by atoms with Crippen LogP contribution in [0.25, 0.3) is 0 Å². The summed E-state index contributed by atoms with van der Waals surface area (Å²) in [6.07, 6.45) is 0. The van der Waals surface area contributed by atoms with E-state index in [0.29, 0.717) is 17.1 Å². The van der Waals surface area contributed by atoms with Crippen molar-refractivity contribution in [1.82, 2.24) is 4.90 Å². The van der Waals surface area contributed by atoms with E-state index in [2.05, 4.69) is 32.7 Å². The SMILES string of the molecule is CN(C)C(=O)c1ccc(Cl)c(NCc2csc(Br)c2)c1. The van der Waals surface area contributed by atoms with E-state index in [1.54, 1.807) is 48.5 Å². The van der Waals surface area contributed by atoms with Crippen molar-refractivity contribution in [2.24, 2.45) is 0 Å². The predicted molar refractivity (Wildman–Crippen MR) is 88.8 cm³/mol. The highest BCUT2D eigenvalue weighted by atomic mass is 79.9. The molecule has 0 aliphatic heterocycles. The zero-order chi connectivity index (χ0) is 14.7. The van der Waals surface area contributed by atoms with Crippen molar-refractivity contribution in [2.45, 2.75) is 6.54 Å². The van der Waals surface area contributed by atoms with E-state index in [0.717, 1.165) is 9.47 Å². The zero-order valence-corrected chi connectivity index (χ0v) is 14.3. The van der Waals surface area contributed by atoms with Gasteiger partial charge in [0.25, 0.3) is 5.91 Å². The van der Waals surface area contributed by atoms with Crippen LogP contribution in [0.4, 0.5) is 5.69 Å². The van der Waals surface area contributed by atoms with Gasteiger partial charge in [0.15, 0.2) is 0 Å². The first-order valence-corrected chi connectivity index (χ1v) is 8.00. The first kappa shape index (κ1) is 15.4. The molecule has 20 heavy (non-hydrogen) atoms. The van der Waals surface area contributed by atoms with Gasteiger partial charge in [0.05, 0.1) is 14.5 Å². The maximum Gasteiger partial charge on any atom is 0.253 e. The minimum Gasteiger partial charge on any atom is -0.380 e. The summed E-state index contributed by atoms with van der Waals surface area (Å²) in [5.74, 6) is -0.0389. The van der Waals surface area contributed by atoms with Crippen molar-refractivity contribution < 1.29 is 4.79 Å². The number of anilines is 1. The third-order valence-corrected chi connectivity index (χ3v) is 4.61. The summed E-state index contributed by atoms with van der Waals surface area (Å²) in [5.41, 5.74) is 2.55. The summed E-state index contributed by atoms with van der Waals surface area (Å²) in [6.45, 7) is 0.668. The molecular formula is C14H14BrClN2OS. The molecule has 1 aromatic carbocycles. The molecule has 0 radical (unpaired) electrons. The molecule has 0 spiro atoms. The number of benzene rings is 1. The van der Waals surface area contributed by atoms with Crippen molar-refractivity contribution >= 4 is 50.5 Å². The monoisotopic (exact) mass is 372 g/mol. The van der Waals surface area contributed by atoms with Gasteiger partial charge < -0.3 is 10.2 Å². The molecule has 0 bridgehead atoms. The van der Waals surface area contributed by atoms with E-state index in [9.17, 15) is 4.79 Å². The molecule has 0 fully saturated rings. The minimum absolute atomic E-state index is 0.0389. The Morgan fingerprint density at radius 2 is 2.15 bits per heavy atom. The summed E-state index contributed by atoms with van der Waals surface area (Å²) in [5, 5.41) is 5.94. The predicted octanol–water partition coefficient (Wildman–Crippen LogP) is 4.48. The van der Waals surface area contributed by atoms with Crippen LogP contribution in [0, 0.1) is 0 Å². The smallest absolute Gasteiger partial charge is 0.253 e. The summed E-state index contributed by atoms with van der Waals surface area (Å²) < 4.78 is 1.09. The van der Waals surface area contributed by atoms with Gasteiger partial charge >= 0.3 is 0 Å². The number of hydrogen-bond acceptors (Lipinski definition) is 3. The second kappa shape index (κ2) is 6.61. The number of rotatable bonds is 4. The highest BCUT2D eigenvalue weighted by Gasteiger charge is 2.10. The lowest BCUT2D eigenvalue weighted by molar-refractivity contribution is 0.0827. The summed E-state index contributed by atoms with van der Waals surface area (Å²) in [7, 11) is 3.46. The number of hydrogen-bond donors (Lipinski definition) is 1. The summed E-state index contributed by atoms with van der Waals surface area (Å²) in [4.78, 5) is 13.5. The van der Waals surface area contributed by atoms with Gasteiger partial charge in [0.1, 0.15) is 0 Å². The number of carbonyl (C=O) groups is 1. The van der Waals surface area contributed by atoms with Crippen LogP contribution >= 0.6 is 38.9 Å². The third kappa shape index (κ3) is 3.75. The number of nitrogens with one attached hydrogen (secondary N) is 1. The van der Waals surface area contributed by atoms with E-state index < -0.39 is 0 Å². The van der Waals surface area contributed by atoms with Crippen LogP contribution in [0.2, 0.25) is 5.02 Å². The average molecular weight is 374 g/mol. The molecule has 106 valence electrons. The van der Waals surface area contributed by atoms with Gasteiger partial charge in [0, 0.05) is 26.2 Å². The normalized spacial score (nSPS) is 10.4. The molecule has 0 saturated heterocycles. The van der Waals surface area contributed by atoms with Gasteiger partial charge in [-0.1, -0.05) is 11.6 Å².